The average Bonchev–Trinajstić information content (AvgIpc) is 3.28. The summed E-state index contributed by atoms with van der Waals surface area (Å²) in [4.78, 5) is 21.1. The Morgan fingerprint density at radius 2 is 2.25 bits per heavy atom. The maximum Gasteiger partial charge on any atom is 0.253 e. The number of amides is 1. The summed E-state index contributed by atoms with van der Waals surface area (Å²) in [6, 6.07) is 3.58. The van der Waals surface area contributed by atoms with Gasteiger partial charge in [-0.15, -0.1) is 0 Å². The van der Waals surface area contributed by atoms with E-state index in [-0.39, 0.29) is 18.1 Å². The summed E-state index contributed by atoms with van der Waals surface area (Å²) in [5, 5.41) is 7.23. The minimum atomic E-state index is -0.187. The molecule has 1 aliphatic rings. The number of hydrogen-bond acceptors (Lipinski definition) is 5. The quantitative estimate of drug-likeness (QED) is 0.775. The van der Waals surface area contributed by atoms with Crippen molar-refractivity contribution in [2.24, 2.45) is 14.1 Å². The van der Waals surface area contributed by atoms with Crippen LogP contribution in [0.5, 0.6) is 0 Å². The Morgan fingerprint density at radius 3 is 3.04 bits per heavy atom. The zero-order valence-corrected chi connectivity index (χ0v) is 13.5. The van der Waals surface area contributed by atoms with E-state index in [1.54, 1.807) is 29.5 Å². The maximum absolute atomic E-state index is 12.6. The molecule has 1 N–H and O–H groups in total. The van der Waals surface area contributed by atoms with Crippen LogP contribution in [0.25, 0.3) is 11.2 Å². The fraction of sp³-hybridized carbons (Fsp3) is 0.375. The molecule has 8 heteroatoms. The molecule has 24 heavy (non-hydrogen) atoms. The first-order valence-corrected chi connectivity index (χ1v) is 7.81. The van der Waals surface area contributed by atoms with Crippen molar-refractivity contribution in [3.63, 3.8) is 0 Å². The van der Waals surface area contributed by atoms with Gasteiger partial charge in [-0.05, 0) is 18.6 Å². The summed E-state index contributed by atoms with van der Waals surface area (Å²) < 4.78 is 9.39. The summed E-state index contributed by atoms with van der Waals surface area (Å²) in [5.41, 5.74) is 2.91. The highest BCUT2D eigenvalue weighted by molar-refractivity contribution is 5.96. The van der Waals surface area contributed by atoms with Gasteiger partial charge in [-0.25, -0.2) is 9.97 Å². The number of rotatable bonds is 3. The molecule has 1 aliphatic heterocycles. The van der Waals surface area contributed by atoms with Gasteiger partial charge in [-0.3, -0.25) is 9.48 Å². The highest BCUT2D eigenvalue weighted by atomic mass is 16.5. The lowest BCUT2D eigenvalue weighted by atomic mass is 10.1. The van der Waals surface area contributed by atoms with E-state index in [4.69, 9.17) is 4.74 Å². The molecule has 1 fully saturated rings. The smallest absolute Gasteiger partial charge is 0.253 e. The first kappa shape index (κ1) is 14.8. The molecule has 4 rings (SSSR count). The van der Waals surface area contributed by atoms with Crippen LogP contribution in [0.15, 0.2) is 30.9 Å². The molecule has 0 radical (unpaired) electrons. The Bertz CT molecular complexity index is 899. The zero-order valence-electron chi connectivity index (χ0n) is 13.5. The number of fused-ring (bicyclic) bond motifs is 1. The lowest BCUT2D eigenvalue weighted by molar-refractivity contribution is 0.0792. The molecule has 0 aromatic carbocycles. The zero-order chi connectivity index (χ0) is 16.7. The van der Waals surface area contributed by atoms with Crippen LogP contribution in [0, 0.1) is 0 Å². The third-order valence-corrected chi connectivity index (χ3v) is 4.37. The first-order chi connectivity index (χ1) is 11.6. The van der Waals surface area contributed by atoms with Crippen molar-refractivity contribution in [3.05, 3.63) is 42.1 Å². The molecular formula is C16H18N6O2. The van der Waals surface area contributed by atoms with Gasteiger partial charge < -0.3 is 14.6 Å². The Morgan fingerprint density at radius 1 is 1.38 bits per heavy atom. The van der Waals surface area contributed by atoms with Crippen LogP contribution in [-0.2, 0) is 18.8 Å². The van der Waals surface area contributed by atoms with Gasteiger partial charge >= 0.3 is 0 Å². The van der Waals surface area contributed by atoms with Gasteiger partial charge in [-0.1, -0.05) is 0 Å². The Kier molecular flexibility index (Phi) is 3.53. The molecule has 4 heterocycles. The fourth-order valence-corrected chi connectivity index (χ4v) is 3.08. The number of carbonyl (C=O) groups excluding carboxylic acids is 1. The number of imidazole rings is 1. The summed E-state index contributed by atoms with van der Waals surface area (Å²) in [5.74, 6) is -0.169. The normalized spacial score (nSPS) is 20.6. The maximum atomic E-state index is 12.6. The van der Waals surface area contributed by atoms with Crippen LogP contribution in [-0.4, -0.2) is 42.9 Å². The van der Waals surface area contributed by atoms with E-state index >= 15 is 0 Å². The van der Waals surface area contributed by atoms with E-state index in [1.807, 2.05) is 24.7 Å². The van der Waals surface area contributed by atoms with Crippen LogP contribution < -0.4 is 5.32 Å². The lowest BCUT2D eigenvalue weighted by Crippen LogP contribution is -2.37. The summed E-state index contributed by atoms with van der Waals surface area (Å²) in [6.07, 6.45) is 5.57. The monoisotopic (exact) mass is 326 g/mol. The third kappa shape index (κ3) is 2.44. The molecule has 1 saturated heterocycles. The standard InChI is InChI=1S/C16H18N6O2/c1-21-9-18-12-7-10(8-17-15(12)21)16(23)20-11-4-6-24-14(11)13-3-5-19-22(13)2/h3,5,7-9,11,14H,4,6H2,1-2H3,(H,20,23)/t11-,14-/m0/s1. The van der Waals surface area contributed by atoms with Crippen LogP contribution in [0.1, 0.15) is 28.6 Å². The number of aromatic nitrogens is 5. The lowest BCUT2D eigenvalue weighted by Gasteiger charge is -2.20. The van der Waals surface area contributed by atoms with Crippen molar-refractivity contribution in [1.82, 2.24) is 29.6 Å². The van der Waals surface area contributed by atoms with E-state index in [0.717, 1.165) is 17.8 Å². The largest absolute Gasteiger partial charge is 0.370 e. The number of nitrogens with zero attached hydrogens (tertiary/aromatic N) is 5. The van der Waals surface area contributed by atoms with Crippen molar-refractivity contribution in [1.29, 1.82) is 0 Å². The van der Waals surface area contributed by atoms with Crippen molar-refractivity contribution in [2.75, 3.05) is 6.61 Å². The SMILES string of the molecule is Cn1nccc1[C@H]1OCC[C@@H]1NC(=O)c1cnc2c(c1)ncn2C. The molecule has 0 aliphatic carbocycles. The van der Waals surface area contributed by atoms with Crippen LogP contribution >= 0.6 is 0 Å². The topological polar surface area (TPSA) is 86.9 Å². The summed E-state index contributed by atoms with van der Waals surface area (Å²) in [6.45, 7) is 0.609. The van der Waals surface area contributed by atoms with Gasteiger partial charge in [0.1, 0.15) is 11.6 Å². The third-order valence-electron chi connectivity index (χ3n) is 4.37. The molecule has 3 aromatic rings. The predicted molar refractivity (Wildman–Crippen MR) is 86.3 cm³/mol. The van der Waals surface area contributed by atoms with Gasteiger partial charge in [-0.2, -0.15) is 5.10 Å². The van der Waals surface area contributed by atoms with Gasteiger partial charge in [0.05, 0.1) is 23.6 Å². The van der Waals surface area contributed by atoms with Gasteiger partial charge in [0.25, 0.3) is 5.91 Å². The average molecular weight is 326 g/mol. The molecular weight excluding hydrogens is 308 g/mol. The number of hydrogen-bond donors (Lipinski definition) is 1. The van der Waals surface area contributed by atoms with Crippen molar-refractivity contribution < 1.29 is 9.53 Å². The molecule has 8 nitrogen and oxygen atoms in total. The molecule has 0 bridgehead atoms. The van der Waals surface area contributed by atoms with E-state index < -0.39 is 0 Å². The highest BCUT2D eigenvalue weighted by Gasteiger charge is 2.33. The molecule has 0 spiro atoms. The number of pyridine rings is 1. The van der Waals surface area contributed by atoms with Crippen molar-refractivity contribution >= 4 is 17.1 Å². The second-order valence-electron chi connectivity index (χ2n) is 5.96. The van der Waals surface area contributed by atoms with E-state index in [1.165, 1.54) is 0 Å². The summed E-state index contributed by atoms with van der Waals surface area (Å²) >= 11 is 0. The minimum Gasteiger partial charge on any atom is -0.370 e. The van der Waals surface area contributed by atoms with Crippen molar-refractivity contribution in [2.45, 2.75) is 18.6 Å². The Hall–Kier alpha value is -2.74. The van der Waals surface area contributed by atoms with Crippen LogP contribution in [0.2, 0.25) is 0 Å². The number of carbonyl (C=O) groups is 1. The molecule has 124 valence electrons. The molecule has 2 atom stereocenters. The van der Waals surface area contributed by atoms with E-state index in [0.29, 0.717) is 17.7 Å². The van der Waals surface area contributed by atoms with Gasteiger partial charge in [0.15, 0.2) is 5.65 Å². The number of nitrogens with one attached hydrogen (secondary N) is 1. The fourth-order valence-electron chi connectivity index (χ4n) is 3.08. The molecule has 0 saturated carbocycles. The van der Waals surface area contributed by atoms with Crippen LogP contribution in [0.4, 0.5) is 0 Å². The minimum absolute atomic E-state index is 0.0904. The Labute approximate surface area is 138 Å². The second-order valence-corrected chi connectivity index (χ2v) is 5.96. The molecule has 1 amide bonds. The first-order valence-electron chi connectivity index (χ1n) is 7.81. The predicted octanol–water partition coefficient (Wildman–Crippen LogP) is 0.962. The Balaban J connectivity index is 1.55. The molecule has 0 unspecified atom stereocenters. The number of aryl methyl sites for hydroxylation is 2. The second kappa shape index (κ2) is 5.72. The van der Waals surface area contributed by atoms with E-state index in [9.17, 15) is 4.79 Å². The van der Waals surface area contributed by atoms with E-state index in [2.05, 4.69) is 20.4 Å². The number of ether oxygens (including phenoxy) is 1. The van der Waals surface area contributed by atoms with Crippen molar-refractivity contribution in [3.8, 4) is 0 Å². The van der Waals surface area contributed by atoms with Gasteiger partial charge in [0.2, 0.25) is 0 Å². The molecule has 3 aromatic heterocycles. The van der Waals surface area contributed by atoms with Crippen LogP contribution in [0.3, 0.4) is 0 Å². The summed E-state index contributed by atoms with van der Waals surface area (Å²) in [7, 11) is 3.74. The highest BCUT2D eigenvalue weighted by Crippen LogP contribution is 2.28. The van der Waals surface area contributed by atoms with Gasteiger partial charge in [0, 0.05) is 33.1 Å².